The lowest BCUT2D eigenvalue weighted by Gasteiger charge is -2.26. The highest BCUT2D eigenvalue weighted by Gasteiger charge is 2.53. The molecule has 3 aliphatic rings. The smallest absolute Gasteiger partial charge is 0.309 e. The third-order valence-corrected chi connectivity index (χ3v) is 5.13. The van der Waals surface area contributed by atoms with Gasteiger partial charge in [0.2, 0.25) is 0 Å². The number of rotatable bonds is 0. The molecule has 1 saturated heterocycles. The van der Waals surface area contributed by atoms with Crippen molar-refractivity contribution < 1.29 is 14.6 Å². The molecule has 0 aromatic carbocycles. The Bertz CT molecular complexity index is 425. The van der Waals surface area contributed by atoms with Gasteiger partial charge in [-0.05, 0) is 30.8 Å². The van der Waals surface area contributed by atoms with E-state index in [9.17, 15) is 9.90 Å². The molecule has 6 atom stereocenters. The lowest BCUT2D eigenvalue weighted by molar-refractivity contribution is -0.145. The molecule has 18 heavy (non-hydrogen) atoms. The van der Waals surface area contributed by atoms with Gasteiger partial charge in [-0.1, -0.05) is 25.7 Å². The zero-order chi connectivity index (χ0) is 13.0. The number of aliphatic hydroxyl groups excluding tert-OH is 1. The van der Waals surface area contributed by atoms with Crippen LogP contribution in [0.3, 0.4) is 0 Å². The van der Waals surface area contributed by atoms with Crippen LogP contribution in [0.2, 0.25) is 0 Å². The predicted molar refractivity (Wildman–Crippen MR) is 67.7 cm³/mol. The second kappa shape index (κ2) is 3.95. The van der Waals surface area contributed by atoms with Crippen LogP contribution in [-0.4, -0.2) is 23.3 Å². The van der Waals surface area contributed by atoms with Crippen molar-refractivity contribution in [3.8, 4) is 0 Å². The number of carbonyl (C=O) groups excluding carboxylic acids is 1. The molecule has 0 aromatic rings. The average molecular weight is 248 g/mol. The average Bonchev–Trinajstić information content (AvgIpc) is 2.72. The number of allylic oxidation sites excluding steroid dienone is 1. The van der Waals surface area contributed by atoms with Crippen molar-refractivity contribution in [2.45, 2.75) is 38.4 Å². The lowest BCUT2D eigenvalue weighted by Crippen LogP contribution is -2.29. The normalized spacial score (nSPS) is 47.6. The maximum Gasteiger partial charge on any atom is 0.309 e. The number of hydrogen-bond donors (Lipinski definition) is 1. The van der Waals surface area contributed by atoms with E-state index >= 15 is 0 Å². The third-order valence-electron chi connectivity index (χ3n) is 5.13. The molecule has 3 rings (SSSR count). The fraction of sp³-hybridized carbons (Fsp3) is 0.667. The molecule has 0 spiro atoms. The van der Waals surface area contributed by atoms with Crippen molar-refractivity contribution in [2.24, 2.45) is 23.7 Å². The molecular formula is C15H20O3. The van der Waals surface area contributed by atoms with Gasteiger partial charge in [0.1, 0.15) is 6.10 Å². The first-order chi connectivity index (χ1) is 8.50. The molecular weight excluding hydrogens is 228 g/mol. The molecule has 0 bridgehead atoms. The lowest BCUT2D eigenvalue weighted by atomic mass is 9.80. The second-order valence-corrected chi connectivity index (χ2v) is 6.01. The Morgan fingerprint density at radius 1 is 1.39 bits per heavy atom. The van der Waals surface area contributed by atoms with E-state index in [0.29, 0.717) is 6.42 Å². The molecule has 2 saturated carbocycles. The van der Waals surface area contributed by atoms with E-state index < -0.39 is 6.10 Å². The van der Waals surface area contributed by atoms with Gasteiger partial charge in [-0.15, -0.1) is 0 Å². The summed E-state index contributed by atoms with van der Waals surface area (Å²) in [6.45, 7) is 10.1. The monoisotopic (exact) mass is 248 g/mol. The topological polar surface area (TPSA) is 46.5 Å². The van der Waals surface area contributed by atoms with Crippen molar-refractivity contribution in [1.29, 1.82) is 0 Å². The Balaban J connectivity index is 1.98. The van der Waals surface area contributed by atoms with Crippen LogP contribution in [-0.2, 0) is 9.53 Å². The summed E-state index contributed by atoms with van der Waals surface area (Å²) in [6, 6.07) is 0. The fourth-order valence-electron chi connectivity index (χ4n) is 3.96. The number of fused-ring (bicyclic) bond motifs is 3. The van der Waals surface area contributed by atoms with E-state index in [0.717, 1.165) is 18.4 Å². The van der Waals surface area contributed by atoms with Gasteiger partial charge in [0.15, 0.2) is 0 Å². The zero-order valence-electron chi connectivity index (χ0n) is 10.8. The van der Waals surface area contributed by atoms with Crippen LogP contribution in [0, 0.1) is 23.7 Å². The van der Waals surface area contributed by atoms with Gasteiger partial charge >= 0.3 is 5.97 Å². The molecule has 0 unspecified atom stereocenters. The van der Waals surface area contributed by atoms with Gasteiger partial charge in [-0.2, -0.15) is 0 Å². The molecule has 1 aliphatic heterocycles. The summed E-state index contributed by atoms with van der Waals surface area (Å²) in [5.41, 5.74) is 2.02. The standard InChI is InChI=1S/C15H20O3/c1-7-4-5-10-8(2)15(17)18-14(10)13-9(3)12(16)6-11(7)13/h8,10-14,16H,1,3-6H2,2H3/t8-,10-,11-,12-,13-,14-/m0/s1. The van der Waals surface area contributed by atoms with Crippen molar-refractivity contribution in [3.63, 3.8) is 0 Å². The summed E-state index contributed by atoms with van der Waals surface area (Å²) in [5.74, 6) is 0.443. The van der Waals surface area contributed by atoms with E-state index in [4.69, 9.17) is 4.74 Å². The molecule has 3 fully saturated rings. The quantitative estimate of drug-likeness (QED) is 0.527. The van der Waals surface area contributed by atoms with Crippen LogP contribution in [0.4, 0.5) is 0 Å². The van der Waals surface area contributed by atoms with Crippen LogP contribution in [0.25, 0.3) is 0 Å². The zero-order valence-corrected chi connectivity index (χ0v) is 10.8. The molecule has 3 heteroatoms. The minimum Gasteiger partial charge on any atom is -0.461 e. The van der Waals surface area contributed by atoms with E-state index in [1.54, 1.807) is 0 Å². The fourth-order valence-corrected chi connectivity index (χ4v) is 3.96. The Labute approximate surface area is 108 Å². The predicted octanol–water partition coefficient (Wildman–Crippen LogP) is 2.07. The Morgan fingerprint density at radius 2 is 2.11 bits per heavy atom. The van der Waals surface area contributed by atoms with Crippen LogP contribution < -0.4 is 0 Å². The molecule has 98 valence electrons. The number of carbonyl (C=O) groups is 1. The summed E-state index contributed by atoms with van der Waals surface area (Å²) >= 11 is 0. The van der Waals surface area contributed by atoms with Crippen molar-refractivity contribution in [1.82, 2.24) is 0 Å². The van der Waals surface area contributed by atoms with Gasteiger partial charge in [0.25, 0.3) is 0 Å². The van der Waals surface area contributed by atoms with Gasteiger partial charge in [0.05, 0.1) is 12.0 Å². The first-order valence-electron chi connectivity index (χ1n) is 6.75. The summed E-state index contributed by atoms with van der Waals surface area (Å²) in [5, 5.41) is 10.0. The van der Waals surface area contributed by atoms with Crippen molar-refractivity contribution in [2.75, 3.05) is 0 Å². The van der Waals surface area contributed by atoms with E-state index in [-0.39, 0.29) is 35.7 Å². The first kappa shape index (κ1) is 12.0. The first-order valence-corrected chi connectivity index (χ1v) is 6.75. The molecule has 0 radical (unpaired) electrons. The van der Waals surface area contributed by atoms with Gasteiger partial charge in [-0.25, -0.2) is 0 Å². The number of ether oxygens (including phenoxy) is 1. The summed E-state index contributed by atoms with van der Waals surface area (Å²) < 4.78 is 5.59. The van der Waals surface area contributed by atoms with Crippen molar-refractivity contribution in [3.05, 3.63) is 24.3 Å². The molecule has 2 aliphatic carbocycles. The molecule has 1 N–H and O–H groups in total. The largest absolute Gasteiger partial charge is 0.461 e. The highest BCUT2D eigenvalue weighted by atomic mass is 16.6. The van der Waals surface area contributed by atoms with E-state index in [2.05, 4.69) is 13.2 Å². The van der Waals surface area contributed by atoms with Crippen LogP contribution >= 0.6 is 0 Å². The molecule has 3 nitrogen and oxygen atoms in total. The highest BCUT2D eigenvalue weighted by molar-refractivity contribution is 5.75. The third kappa shape index (κ3) is 1.50. The Hall–Kier alpha value is -1.09. The number of esters is 1. The van der Waals surface area contributed by atoms with Gasteiger partial charge < -0.3 is 9.84 Å². The highest BCUT2D eigenvalue weighted by Crippen LogP contribution is 2.52. The number of hydrogen-bond acceptors (Lipinski definition) is 3. The van der Waals surface area contributed by atoms with Crippen LogP contribution in [0.15, 0.2) is 24.3 Å². The van der Waals surface area contributed by atoms with Crippen LogP contribution in [0.5, 0.6) is 0 Å². The Morgan fingerprint density at radius 3 is 2.83 bits per heavy atom. The minimum atomic E-state index is -0.467. The molecule has 1 heterocycles. The maximum absolute atomic E-state index is 11.8. The Kier molecular flexibility index (Phi) is 2.63. The van der Waals surface area contributed by atoms with Gasteiger partial charge in [0, 0.05) is 11.8 Å². The second-order valence-electron chi connectivity index (χ2n) is 6.01. The van der Waals surface area contributed by atoms with E-state index in [1.807, 2.05) is 6.92 Å². The van der Waals surface area contributed by atoms with Gasteiger partial charge in [-0.3, -0.25) is 4.79 Å². The van der Waals surface area contributed by atoms with Crippen molar-refractivity contribution >= 4 is 5.97 Å². The van der Waals surface area contributed by atoms with E-state index in [1.165, 1.54) is 5.57 Å². The summed E-state index contributed by atoms with van der Waals surface area (Å²) in [7, 11) is 0. The molecule has 0 amide bonds. The summed E-state index contributed by atoms with van der Waals surface area (Å²) in [6.07, 6.45) is 2.03. The SMILES string of the molecule is C=C1[C@@H]2[C@H]3OC(=O)[C@@H](C)[C@@H]3CCC(=C)[C@@H]2C[C@@H]1O. The summed E-state index contributed by atoms with van der Waals surface area (Å²) in [4.78, 5) is 11.8. The molecule has 0 aromatic heterocycles. The number of aliphatic hydroxyl groups is 1. The minimum absolute atomic E-state index is 0.0351. The van der Waals surface area contributed by atoms with Crippen LogP contribution in [0.1, 0.15) is 26.2 Å². The maximum atomic E-state index is 11.8.